The van der Waals surface area contributed by atoms with E-state index in [1.54, 1.807) is 31.2 Å². The number of anilines is 1. The van der Waals surface area contributed by atoms with Crippen LogP contribution in [0, 0.1) is 12.3 Å². The Labute approximate surface area is 113 Å². The fourth-order valence-electron chi connectivity index (χ4n) is 1.36. The highest BCUT2D eigenvalue weighted by atomic mass is 16.5. The summed E-state index contributed by atoms with van der Waals surface area (Å²) in [6.07, 6.45) is 5.18. The summed E-state index contributed by atoms with van der Waals surface area (Å²) >= 11 is 0. The number of ether oxygens (including phenoxy) is 1. The first-order valence-corrected chi connectivity index (χ1v) is 6.01. The third-order valence-corrected chi connectivity index (χ3v) is 2.26. The first-order chi connectivity index (χ1) is 9.11. The van der Waals surface area contributed by atoms with Gasteiger partial charge in [-0.3, -0.25) is 0 Å². The van der Waals surface area contributed by atoms with Crippen molar-refractivity contribution < 1.29 is 14.6 Å². The number of hydrogen-bond donors (Lipinski definition) is 3. The molecular formula is C14H18N2O3. The van der Waals surface area contributed by atoms with Gasteiger partial charge in [-0.05, 0) is 25.5 Å². The van der Waals surface area contributed by atoms with Gasteiger partial charge in [0.15, 0.2) is 0 Å². The van der Waals surface area contributed by atoms with Gasteiger partial charge in [-0.2, -0.15) is 0 Å². The van der Waals surface area contributed by atoms with E-state index < -0.39 is 6.10 Å². The van der Waals surface area contributed by atoms with E-state index in [1.165, 1.54) is 0 Å². The van der Waals surface area contributed by atoms with Gasteiger partial charge >= 0.3 is 6.03 Å². The third-order valence-electron chi connectivity index (χ3n) is 2.26. The highest BCUT2D eigenvalue weighted by molar-refractivity contribution is 5.89. The quantitative estimate of drug-likeness (QED) is 0.682. The molecule has 0 heterocycles. The number of nitrogens with one attached hydrogen (secondary N) is 2. The van der Waals surface area contributed by atoms with E-state index in [0.29, 0.717) is 24.4 Å². The van der Waals surface area contributed by atoms with E-state index in [4.69, 9.17) is 16.3 Å². The fraction of sp³-hybridized carbons (Fsp3) is 0.357. The summed E-state index contributed by atoms with van der Waals surface area (Å²) in [5.74, 6) is 2.97. The molecule has 0 fully saturated rings. The largest absolute Gasteiger partial charge is 0.481 e. The zero-order chi connectivity index (χ0) is 14.1. The lowest BCUT2D eigenvalue weighted by Gasteiger charge is -2.09. The summed E-state index contributed by atoms with van der Waals surface area (Å²) in [5, 5.41) is 14.4. The van der Waals surface area contributed by atoms with Crippen LogP contribution in [0.1, 0.15) is 13.3 Å². The molecule has 1 aromatic rings. The molecule has 3 N–H and O–H groups in total. The lowest BCUT2D eigenvalue weighted by Crippen LogP contribution is -2.30. The van der Waals surface area contributed by atoms with Crippen molar-refractivity contribution >= 4 is 11.7 Å². The van der Waals surface area contributed by atoms with Crippen LogP contribution in [0.3, 0.4) is 0 Å². The Hall–Kier alpha value is -2.19. The maximum Gasteiger partial charge on any atom is 0.319 e. The maximum atomic E-state index is 11.5. The molecule has 0 saturated carbocycles. The number of carbonyl (C=O) groups is 1. The van der Waals surface area contributed by atoms with Crippen molar-refractivity contribution in [1.29, 1.82) is 0 Å². The number of hydrogen-bond acceptors (Lipinski definition) is 3. The molecule has 5 nitrogen and oxygen atoms in total. The van der Waals surface area contributed by atoms with Gasteiger partial charge in [-0.15, -0.1) is 6.42 Å². The average molecular weight is 262 g/mol. The van der Waals surface area contributed by atoms with Gasteiger partial charge in [0.25, 0.3) is 0 Å². The predicted molar refractivity (Wildman–Crippen MR) is 74.1 cm³/mol. The Balaban J connectivity index is 2.43. The predicted octanol–water partition coefficient (Wildman–Crippen LogP) is 1.59. The topological polar surface area (TPSA) is 70.6 Å². The molecule has 5 heteroatoms. The van der Waals surface area contributed by atoms with Gasteiger partial charge in [0.2, 0.25) is 0 Å². The summed E-state index contributed by atoms with van der Waals surface area (Å²) in [6.45, 7) is 2.27. The fourth-order valence-corrected chi connectivity index (χ4v) is 1.36. The molecule has 1 atom stereocenters. The number of aliphatic hydroxyl groups excluding tert-OH is 1. The Kier molecular flexibility index (Phi) is 6.27. The maximum absolute atomic E-state index is 11.5. The zero-order valence-corrected chi connectivity index (χ0v) is 10.8. The SMILES string of the molecule is C#CCOc1cccc(NC(=O)NCCC(C)O)c1. The summed E-state index contributed by atoms with van der Waals surface area (Å²) in [4.78, 5) is 11.5. The molecule has 0 saturated heterocycles. The highest BCUT2D eigenvalue weighted by Crippen LogP contribution is 2.16. The number of amides is 2. The van der Waals surface area contributed by atoms with Crippen molar-refractivity contribution in [2.75, 3.05) is 18.5 Å². The van der Waals surface area contributed by atoms with Crippen LogP contribution in [-0.2, 0) is 0 Å². The van der Waals surface area contributed by atoms with Crippen molar-refractivity contribution in [3.05, 3.63) is 24.3 Å². The number of urea groups is 1. The van der Waals surface area contributed by atoms with Crippen molar-refractivity contribution in [1.82, 2.24) is 5.32 Å². The number of rotatable bonds is 6. The van der Waals surface area contributed by atoms with E-state index in [9.17, 15) is 4.79 Å². The van der Waals surface area contributed by atoms with E-state index in [2.05, 4.69) is 16.6 Å². The normalized spacial score (nSPS) is 11.2. The first-order valence-electron chi connectivity index (χ1n) is 6.01. The van der Waals surface area contributed by atoms with Crippen LogP contribution in [0.4, 0.5) is 10.5 Å². The van der Waals surface area contributed by atoms with Crippen molar-refractivity contribution in [3.8, 4) is 18.1 Å². The number of terminal acetylenes is 1. The molecule has 0 aliphatic rings. The lowest BCUT2D eigenvalue weighted by atomic mass is 10.3. The van der Waals surface area contributed by atoms with Crippen molar-refractivity contribution in [2.45, 2.75) is 19.4 Å². The second kappa shape index (κ2) is 8.01. The number of benzene rings is 1. The molecule has 0 aliphatic carbocycles. The van der Waals surface area contributed by atoms with E-state index >= 15 is 0 Å². The molecule has 0 spiro atoms. The summed E-state index contributed by atoms with van der Waals surface area (Å²) in [7, 11) is 0. The molecule has 1 rings (SSSR count). The van der Waals surface area contributed by atoms with Gasteiger partial charge in [0, 0.05) is 18.3 Å². The van der Waals surface area contributed by atoms with Crippen LogP contribution in [0.15, 0.2) is 24.3 Å². The van der Waals surface area contributed by atoms with Crippen molar-refractivity contribution in [3.63, 3.8) is 0 Å². The standard InChI is InChI=1S/C14H18N2O3/c1-3-9-19-13-6-4-5-12(10-13)16-14(18)15-8-7-11(2)17/h1,4-6,10-11,17H,7-9H2,2H3,(H2,15,16,18). The van der Waals surface area contributed by atoms with Gasteiger partial charge in [0.1, 0.15) is 12.4 Å². The summed E-state index contributed by atoms with van der Waals surface area (Å²) in [6, 6.07) is 6.63. The second-order valence-corrected chi connectivity index (χ2v) is 4.04. The molecule has 0 aromatic heterocycles. The molecule has 0 aliphatic heterocycles. The van der Waals surface area contributed by atoms with Gasteiger partial charge in [0.05, 0.1) is 6.10 Å². The summed E-state index contributed by atoms with van der Waals surface area (Å²) < 4.78 is 5.25. The molecule has 1 aromatic carbocycles. The number of aliphatic hydroxyl groups is 1. The van der Waals surface area contributed by atoms with Gasteiger partial charge in [-0.25, -0.2) is 4.79 Å². The molecule has 0 bridgehead atoms. The monoisotopic (exact) mass is 262 g/mol. The minimum atomic E-state index is -0.430. The third kappa shape index (κ3) is 6.34. The second-order valence-electron chi connectivity index (χ2n) is 4.04. The Bertz CT molecular complexity index is 452. The van der Waals surface area contributed by atoms with Crippen LogP contribution in [0.5, 0.6) is 5.75 Å². The zero-order valence-electron chi connectivity index (χ0n) is 10.8. The Morgan fingerprint density at radius 2 is 2.37 bits per heavy atom. The van der Waals surface area contributed by atoms with Crippen LogP contribution in [0.25, 0.3) is 0 Å². The van der Waals surface area contributed by atoms with Crippen LogP contribution < -0.4 is 15.4 Å². The van der Waals surface area contributed by atoms with E-state index in [0.717, 1.165) is 0 Å². The van der Waals surface area contributed by atoms with Crippen LogP contribution in [0.2, 0.25) is 0 Å². The average Bonchev–Trinajstić information content (AvgIpc) is 2.36. The molecule has 102 valence electrons. The highest BCUT2D eigenvalue weighted by Gasteiger charge is 2.03. The lowest BCUT2D eigenvalue weighted by molar-refractivity contribution is 0.184. The minimum Gasteiger partial charge on any atom is -0.481 e. The Morgan fingerprint density at radius 3 is 3.05 bits per heavy atom. The Morgan fingerprint density at radius 1 is 1.58 bits per heavy atom. The van der Waals surface area contributed by atoms with E-state index in [1.807, 2.05) is 0 Å². The molecule has 0 radical (unpaired) electrons. The first kappa shape index (κ1) is 14.9. The van der Waals surface area contributed by atoms with Crippen molar-refractivity contribution in [2.24, 2.45) is 0 Å². The van der Waals surface area contributed by atoms with Gasteiger partial charge < -0.3 is 20.5 Å². The molecule has 1 unspecified atom stereocenters. The van der Waals surface area contributed by atoms with Crippen LogP contribution >= 0.6 is 0 Å². The minimum absolute atomic E-state index is 0.185. The smallest absolute Gasteiger partial charge is 0.319 e. The molecular weight excluding hydrogens is 244 g/mol. The molecule has 2 amide bonds. The van der Waals surface area contributed by atoms with E-state index in [-0.39, 0.29) is 12.6 Å². The molecule has 19 heavy (non-hydrogen) atoms. The summed E-state index contributed by atoms with van der Waals surface area (Å²) in [5.41, 5.74) is 0.615. The van der Waals surface area contributed by atoms with Crippen LogP contribution in [-0.4, -0.2) is 30.4 Å². The number of carbonyl (C=O) groups excluding carboxylic acids is 1. The van der Waals surface area contributed by atoms with Gasteiger partial charge in [-0.1, -0.05) is 12.0 Å².